The number of benzene rings is 3. The fraction of sp³-hybridized carbons (Fsp3) is 0.280. The molecular formula is C25H24F3NO3. The number of alkyl halides is 3. The van der Waals surface area contributed by atoms with Crippen molar-refractivity contribution in [2.75, 3.05) is 20.8 Å². The van der Waals surface area contributed by atoms with E-state index in [0.717, 1.165) is 55.3 Å². The van der Waals surface area contributed by atoms with E-state index in [4.69, 9.17) is 14.2 Å². The normalized spacial score (nSPS) is 14.0. The highest BCUT2D eigenvalue weighted by molar-refractivity contribution is 5.48. The lowest BCUT2D eigenvalue weighted by atomic mass is 9.98. The van der Waals surface area contributed by atoms with Gasteiger partial charge < -0.3 is 14.2 Å². The molecule has 7 heteroatoms. The van der Waals surface area contributed by atoms with Crippen LogP contribution in [0.4, 0.5) is 13.2 Å². The van der Waals surface area contributed by atoms with Gasteiger partial charge in [0.15, 0.2) is 11.5 Å². The molecule has 4 nitrogen and oxygen atoms in total. The van der Waals surface area contributed by atoms with E-state index in [-0.39, 0.29) is 0 Å². The number of fused-ring (bicyclic) bond motifs is 1. The van der Waals surface area contributed by atoms with Crippen molar-refractivity contribution in [1.82, 2.24) is 4.90 Å². The van der Waals surface area contributed by atoms with E-state index in [9.17, 15) is 13.2 Å². The zero-order valence-electron chi connectivity index (χ0n) is 17.9. The largest absolute Gasteiger partial charge is 0.493 e. The lowest BCUT2D eigenvalue weighted by molar-refractivity contribution is -0.137. The van der Waals surface area contributed by atoms with Crippen molar-refractivity contribution in [3.63, 3.8) is 0 Å². The Morgan fingerprint density at radius 1 is 0.844 bits per heavy atom. The van der Waals surface area contributed by atoms with Crippen LogP contribution >= 0.6 is 0 Å². The first-order valence-corrected chi connectivity index (χ1v) is 10.3. The Morgan fingerprint density at radius 2 is 1.53 bits per heavy atom. The summed E-state index contributed by atoms with van der Waals surface area (Å²) in [6.45, 7) is 2.43. The summed E-state index contributed by atoms with van der Waals surface area (Å²) in [5, 5.41) is 0. The number of methoxy groups -OCH3 is 2. The summed E-state index contributed by atoms with van der Waals surface area (Å²) in [5.41, 5.74) is 2.85. The summed E-state index contributed by atoms with van der Waals surface area (Å²) in [6.07, 6.45) is -3.45. The summed E-state index contributed by atoms with van der Waals surface area (Å²) in [4.78, 5) is 2.34. The van der Waals surface area contributed by atoms with Gasteiger partial charge >= 0.3 is 6.18 Å². The van der Waals surface area contributed by atoms with Gasteiger partial charge in [-0.15, -0.1) is 0 Å². The summed E-state index contributed by atoms with van der Waals surface area (Å²) >= 11 is 0. The van der Waals surface area contributed by atoms with Gasteiger partial charge in [-0.05, 0) is 71.6 Å². The van der Waals surface area contributed by atoms with Crippen LogP contribution in [0.3, 0.4) is 0 Å². The maximum Gasteiger partial charge on any atom is 0.416 e. The van der Waals surface area contributed by atoms with Crippen LogP contribution in [0, 0.1) is 0 Å². The number of rotatable bonds is 6. The minimum Gasteiger partial charge on any atom is -0.493 e. The predicted molar refractivity (Wildman–Crippen MR) is 115 cm³/mol. The lowest BCUT2D eigenvalue weighted by Gasteiger charge is -2.29. The highest BCUT2D eigenvalue weighted by atomic mass is 19.4. The van der Waals surface area contributed by atoms with Crippen LogP contribution in [-0.4, -0.2) is 25.7 Å². The van der Waals surface area contributed by atoms with Crippen LogP contribution < -0.4 is 14.2 Å². The zero-order valence-corrected chi connectivity index (χ0v) is 17.9. The minimum absolute atomic E-state index is 0.364. The van der Waals surface area contributed by atoms with E-state index in [2.05, 4.69) is 4.90 Å². The Hall–Kier alpha value is -3.19. The second-order valence-corrected chi connectivity index (χ2v) is 7.71. The van der Waals surface area contributed by atoms with Crippen molar-refractivity contribution < 1.29 is 27.4 Å². The summed E-state index contributed by atoms with van der Waals surface area (Å²) in [5.74, 6) is 2.42. The minimum atomic E-state index is -4.36. The molecular weight excluding hydrogens is 419 g/mol. The number of halogens is 3. The van der Waals surface area contributed by atoms with Crippen molar-refractivity contribution in [1.29, 1.82) is 0 Å². The number of hydrogen-bond donors (Lipinski definition) is 0. The molecule has 0 amide bonds. The second-order valence-electron chi connectivity index (χ2n) is 7.71. The molecule has 1 heterocycles. The molecule has 3 aromatic carbocycles. The highest BCUT2D eigenvalue weighted by Crippen LogP contribution is 2.34. The van der Waals surface area contributed by atoms with Crippen LogP contribution in [-0.2, 0) is 25.7 Å². The summed E-state index contributed by atoms with van der Waals surface area (Å²) in [7, 11) is 3.27. The third kappa shape index (κ3) is 4.99. The maximum absolute atomic E-state index is 12.7. The molecule has 0 N–H and O–H groups in total. The summed E-state index contributed by atoms with van der Waals surface area (Å²) < 4.78 is 54.8. The van der Waals surface area contributed by atoms with Gasteiger partial charge in [0.1, 0.15) is 11.5 Å². The maximum atomic E-state index is 12.7. The third-order valence-electron chi connectivity index (χ3n) is 5.52. The zero-order chi connectivity index (χ0) is 22.7. The van der Waals surface area contributed by atoms with Crippen LogP contribution in [0.2, 0.25) is 0 Å². The first-order valence-electron chi connectivity index (χ1n) is 10.3. The first kappa shape index (κ1) is 22.0. The molecule has 1 aliphatic rings. The topological polar surface area (TPSA) is 30.9 Å². The predicted octanol–water partition coefficient (Wildman–Crippen LogP) is 6.07. The van der Waals surface area contributed by atoms with Gasteiger partial charge in [0, 0.05) is 19.6 Å². The monoisotopic (exact) mass is 443 g/mol. The highest BCUT2D eigenvalue weighted by Gasteiger charge is 2.30. The van der Waals surface area contributed by atoms with Gasteiger partial charge in [-0.25, -0.2) is 0 Å². The van der Waals surface area contributed by atoms with Gasteiger partial charge in [0.05, 0.1) is 19.8 Å². The van der Waals surface area contributed by atoms with E-state index in [0.29, 0.717) is 11.5 Å². The molecule has 0 aromatic heterocycles. The van der Waals surface area contributed by atoms with Crippen molar-refractivity contribution >= 4 is 0 Å². The standard InChI is InChI=1S/C25H24F3NO3/c1-30-23-13-18-10-11-29(16-19(18)14-24(23)31-2)15-17-4-3-5-22(12-17)32-21-8-6-20(7-9-21)25(26,27)28/h3-9,12-14H,10-11,15-16H2,1-2H3. The Bertz CT molecular complexity index is 1080. The first-order chi connectivity index (χ1) is 15.4. The van der Waals surface area contributed by atoms with Gasteiger partial charge in [-0.1, -0.05) is 12.1 Å². The fourth-order valence-corrected chi connectivity index (χ4v) is 3.89. The van der Waals surface area contributed by atoms with Gasteiger partial charge in [0.25, 0.3) is 0 Å². The molecule has 0 aliphatic carbocycles. The van der Waals surface area contributed by atoms with E-state index in [1.54, 1.807) is 20.3 Å². The van der Waals surface area contributed by atoms with Crippen LogP contribution in [0.5, 0.6) is 23.0 Å². The Kier molecular flexibility index (Phi) is 6.28. The van der Waals surface area contributed by atoms with E-state index >= 15 is 0 Å². The molecule has 1 aliphatic heterocycles. The molecule has 4 rings (SSSR count). The smallest absolute Gasteiger partial charge is 0.416 e. The van der Waals surface area contributed by atoms with Gasteiger partial charge in [-0.2, -0.15) is 13.2 Å². The molecule has 0 fully saturated rings. The molecule has 0 bridgehead atoms. The van der Waals surface area contributed by atoms with Crippen molar-refractivity contribution in [2.45, 2.75) is 25.7 Å². The molecule has 168 valence electrons. The van der Waals surface area contributed by atoms with Crippen molar-refractivity contribution in [3.05, 3.63) is 82.9 Å². The second kappa shape index (κ2) is 9.12. The van der Waals surface area contributed by atoms with Crippen LogP contribution in [0.15, 0.2) is 60.7 Å². The molecule has 3 aromatic rings. The average molecular weight is 443 g/mol. The van der Waals surface area contributed by atoms with E-state index in [1.807, 2.05) is 30.3 Å². The molecule has 0 atom stereocenters. The molecule has 0 radical (unpaired) electrons. The average Bonchev–Trinajstić information content (AvgIpc) is 2.78. The molecule has 0 spiro atoms. The number of ether oxygens (including phenoxy) is 3. The molecule has 32 heavy (non-hydrogen) atoms. The SMILES string of the molecule is COc1cc2c(cc1OC)CN(Cc1cccc(Oc3ccc(C(F)(F)F)cc3)c1)CC2. The van der Waals surface area contributed by atoms with Crippen LogP contribution in [0.25, 0.3) is 0 Å². The Morgan fingerprint density at radius 3 is 2.19 bits per heavy atom. The quantitative estimate of drug-likeness (QED) is 0.463. The number of hydrogen-bond acceptors (Lipinski definition) is 4. The van der Waals surface area contributed by atoms with E-state index in [1.165, 1.54) is 23.3 Å². The Labute approximate surface area is 185 Å². The molecule has 0 unspecified atom stereocenters. The van der Waals surface area contributed by atoms with Gasteiger partial charge in [0.2, 0.25) is 0 Å². The third-order valence-corrected chi connectivity index (χ3v) is 5.52. The van der Waals surface area contributed by atoms with Crippen molar-refractivity contribution in [2.24, 2.45) is 0 Å². The van der Waals surface area contributed by atoms with Crippen molar-refractivity contribution in [3.8, 4) is 23.0 Å². The van der Waals surface area contributed by atoms with Gasteiger partial charge in [-0.3, -0.25) is 4.90 Å². The van der Waals surface area contributed by atoms with Crippen LogP contribution in [0.1, 0.15) is 22.3 Å². The summed E-state index contributed by atoms with van der Waals surface area (Å²) in [6, 6.07) is 16.4. The lowest BCUT2D eigenvalue weighted by Crippen LogP contribution is -2.30. The van der Waals surface area contributed by atoms with E-state index < -0.39 is 11.7 Å². The fourth-order valence-electron chi connectivity index (χ4n) is 3.89. The Balaban J connectivity index is 1.43. The molecule has 0 saturated heterocycles. The number of nitrogens with zero attached hydrogens (tertiary/aromatic N) is 1. The molecule has 0 saturated carbocycles.